The summed E-state index contributed by atoms with van der Waals surface area (Å²) < 4.78 is 11.6. The Morgan fingerprint density at radius 1 is 0.618 bits per heavy atom. The van der Waals surface area contributed by atoms with Gasteiger partial charge in [0.15, 0.2) is 0 Å². The molecule has 0 aliphatic carbocycles. The Balaban J connectivity index is 1.55. The van der Waals surface area contributed by atoms with Gasteiger partial charge in [0.05, 0.1) is 5.52 Å². The van der Waals surface area contributed by atoms with Crippen molar-refractivity contribution in [2.45, 2.75) is 0 Å². The topological polar surface area (TPSA) is 14.2 Å². The second-order valence-corrected chi connectivity index (χ2v) is 10.4. The van der Waals surface area contributed by atoms with E-state index in [-0.39, 0.29) is 6.71 Å². The maximum Gasteiger partial charge on any atom is 0.256 e. The van der Waals surface area contributed by atoms with Gasteiger partial charge in [-0.25, -0.2) is 0 Å². The van der Waals surface area contributed by atoms with E-state index >= 15 is 0 Å². The molecule has 9 rings (SSSR count). The van der Waals surface area contributed by atoms with Crippen molar-refractivity contribution in [2.75, 3.05) is 0 Å². The van der Waals surface area contributed by atoms with E-state index in [4.69, 9.17) is 4.74 Å². The maximum atomic E-state index is 6.43. The van der Waals surface area contributed by atoms with Crippen LogP contribution in [-0.2, 0) is 0 Å². The van der Waals surface area contributed by atoms with Gasteiger partial charge in [-0.1, -0.05) is 60.7 Å². The Labute approximate surface area is 199 Å². The van der Waals surface area contributed by atoms with E-state index < -0.39 is 0 Å². The summed E-state index contributed by atoms with van der Waals surface area (Å²) in [7, 11) is 0. The molecule has 2 aliphatic heterocycles. The molecule has 0 fully saturated rings. The first kappa shape index (κ1) is 17.5. The Bertz CT molecular complexity index is 2010. The zero-order chi connectivity index (χ0) is 22.0. The molecule has 4 heterocycles. The van der Waals surface area contributed by atoms with Gasteiger partial charge < -0.3 is 9.30 Å². The highest BCUT2D eigenvalue weighted by atomic mass is 32.1. The molecule has 0 N–H and O–H groups in total. The third-order valence-corrected chi connectivity index (χ3v) is 8.79. The SMILES string of the molecule is c1ccc2c(c1)Oc1cccc3c1B2c1cccc2c4c5c(ccc4n-3c12)sc1ccccc15. The zero-order valence-electron chi connectivity index (χ0n) is 18.1. The van der Waals surface area contributed by atoms with Gasteiger partial charge in [0.25, 0.3) is 6.71 Å². The van der Waals surface area contributed by atoms with E-state index in [1.165, 1.54) is 64.1 Å². The fourth-order valence-electron chi connectivity index (χ4n) is 6.40. The molecule has 0 unspecified atom stereocenters. The van der Waals surface area contributed by atoms with Crippen molar-refractivity contribution in [3.63, 3.8) is 0 Å². The minimum absolute atomic E-state index is 0.173. The molecule has 34 heavy (non-hydrogen) atoms. The Morgan fingerprint density at radius 3 is 2.41 bits per heavy atom. The van der Waals surface area contributed by atoms with E-state index in [2.05, 4.69) is 102 Å². The van der Waals surface area contributed by atoms with Crippen LogP contribution in [0.1, 0.15) is 0 Å². The van der Waals surface area contributed by atoms with Gasteiger partial charge in [0, 0.05) is 42.1 Å². The smallest absolute Gasteiger partial charge is 0.256 e. The number of aromatic nitrogens is 1. The lowest BCUT2D eigenvalue weighted by Crippen LogP contribution is -2.58. The van der Waals surface area contributed by atoms with Crippen molar-refractivity contribution in [3.8, 4) is 17.2 Å². The summed E-state index contributed by atoms with van der Waals surface area (Å²) in [6.45, 7) is 0.173. The molecule has 156 valence electrons. The number of ether oxygens (including phenoxy) is 1. The summed E-state index contributed by atoms with van der Waals surface area (Å²) in [5, 5.41) is 5.42. The average molecular weight is 449 g/mol. The molecule has 4 heteroatoms. The standard InChI is InChI=1S/C30H16BNOS/c1-4-14-25-17(7-1)28-26(34-25)16-15-21-27(28)18-8-5-10-20-30(18)32(21)22-11-6-13-24-29(22)31(20)19-9-2-3-12-23(19)33-24/h1-16H. The quantitative estimate of drug-likeness (QED) is 0.256. The summed E-state index contributed by atoms with van der Waals surface area (Å²) in [4.78, 5) is 0. The van der Waals surface area contributed by atoms with Crippen LogP contribution < -0.4 is 21.1 Å². The van der Waals surface area contributed by atoms with E-state index in [1.807, 2.05) is 11.3 Å². The number of rotatable bonds is 0. The molecule has 0 radical (unpaired) electrons. The molecule has 2 aliphatic rings. The summed E-state index contributed by atoms with van der Waals surface area (Å²) in [6.07, 6.45) is 0. The Kier molecular flexibility index (Phi) is 3.03. The van der Waals surface area contributed by atoms with Gasteiger partial charge in [-0.15, -0.1) is 11.3 Å². The van der Waals surface area contributed by atoms with Crippen LogP contribution in [0.15, 0.2) is 97.1 Å². The first-order chi connectivity index (χ1) is 16.9. The molecule has 2 aromatic heterocycles. The molecule has 2 nitrogen and oxygen atoms in total. The largest absolute Gasteiger partial charge is 0.458 e. The zero-order valence-corrected chi connectivity index (χ0v) is 18.9. The van der Waals surface area contributed by atoms with Gasteiger partial charge in [-0.3, -0.25) is 0 Å². The first-order valence-electron chi connectivity index (χ1n) is 11.7. The summed E-state index contributed by atoms with van der Waals surface area (Å²) in [6, 6.07) is 35.3. The van der Waals surface area contributed by atoms with Gasteiger partial charge in [0.1, 0.15) is 11.5 Å². The third kappa shape index (κ3) is 1.92. The Morgan fingerprint density at radius 2 is 1.41 bits per heavy atom. The summed E-state index contributed by atoms with van der Waals surface area (Å²) >= 11 is 1.89. The van der Waals surface area contributed by atoms with Crippen molar-refractivity contribution in [3.05, 3.63) is 97.1 Å². The van der Waals surface area contributed by atoms with Crippen LogP contribution in [0.5, 0.6) is 11.5 Å². The fraction of sp³-hybridized carbons (Fsp3) is 0. The lowest BCUT2D eigenvalue weighted by molar-refractivity contribution is 0.487. The number of hydrogen-bond donors (Lipinski definition) is 0. The number of thiophene rings is 1. The van der Waals surface area contributed by atoms with Crippen molar-refractivity contribution < 1.29 is 4.74 Å². The molecule has 0 saturated carbocycles. The molecule has 0 amide bonds. The lowest BCUT2D eigenvalue weighted by atomic mass is 9.34. The van der Waals surface area contributed by atoms with Crippen LogP contribution in [0.2, 0.25) is 0 Å². The molecule has 5 aromatic carbocycles. The molecule has 0 saturated heterocycles. The predicted molar refractivity (Wildman–Crippen MR) is 145 cm³/mol. The van der Waals surface area contributed by atoms with Crippen LogP contribution in [0.4, 0.5) is 0 Å². The number of fused-ring (bicyclic) bond motifs is 11. The minimum atomic E-state index is 0.173. The highest BCUT2D eigenvalue weighted by Gasteiger charge is 2.40. The second kappa shape index (κ2) is 5.91. The number of benzene rings is 5. The summed E-state index contributed by atoms with van der Waals surface area (Å²) in [5.74, 6) is 1.93. The Hall–Kier alpha value is -4.02. The van der Waals surface area contributed by atoms with Crippen LogP contribution in [-0.4, -0.2) is 11.3 Å². The van der Waals surface area contributed by atoms with E-state index in [9.17, 15) is 0 Å². The minimum Gasteiger partial charge on any atom is -0.458 e. The average Bonchev–Trinajstić information content (AvgIpc) is 3.43. The molecule has 0 spiro atoms. The van der Waals surface area contributed by atoms with Crippen molar-refractivity contribution >= 4 is 76.4 Å². The second-order valence-electron chi connectivity index (χ2n) is 9.27. The van der Waals surface area contributed by atoms with Gasteiger partial charge in [0.2, 0.25) is 0 Å². The number of para-hydroxylation sites is 2. The molecular weight excluding hydrogens is 433 g/mol. The van der Waals surface area contributed by atoms with Crippen LogP contribution in [0, 0.1) is 0 Å². The summed E-state index contributed by atoms with van der Waals surface area (Å²) in [5.41, 5.74) is 7.70. The number of hydrogen-bond acceptors (Lipinski definition) is 2. The molecular formula is C30H16BNOS. The van der Waals surface area contributed by atoms with E-state index in [0.717, 1.165) is 11.5 Å². The molecule has 7 aromatic rings. The highest BCUT2D eigenvalue weighted by molar-refractivity contribution is 7.26. The third-order valence-electron chi connectivity index (χ3n) is 7.66. The van der Waals surface area contributed by atoms with Crippen molar-refractivity contribution in [1.29, 1.82) is 0 Å². The van der Waals surface area contributed by atoms with Crippen molar-refractivity contribution in [2.24, 2.45) is 0 Å². The van der Waals surface area contributed by atoms with Gasteiger partial charge in [-0.2, -0.15) is 0 Å². The monoisotopic (exact) mass is 449 g/mol. The van der Waals surface area contributed by atoms with Crippen LogP contribution >= 0.6 is 11.3 Å². The normalized spacial score (nSPS) is 13.5. The highest BCUT2D eigenvalue weighted by Crippen LogP contribution is 2.44. The first-order valence-corrected chi connectivity index (χ1v) is 12.5. The van der Waals surface area contributed by atoms with Gasteiger partial charge in [-0.05, 0) is 52.8 Å². The maximum absolute atomic E-state index is 6.43. The molecule has 0 bridgehead atoms. The van der Waals surface area contributed by atoms with E-state index in [1.54, 1.807) is 0 Å². The predicted octanol–water partition coefficient (Wildman–Crippen LogP) is 6.09. The van der Waals surface area contributed by atoms with Crippen molar-refractivity contribution in [1.82, 2.24) is 4.57 Å². The van der Waals surface area contributed by atoms with Crippen LogP contribution in [0.25, 0.3) is 47.7 Å². The fourth-order valence-corrected chi connectivity index (χ4v) is 7.51. The lowest BCUT2D eigenvalue weighted by Gasteiger charge is -2.33. The molecule has 0 atom stereocenters. The van der Waals surface area contributed by atoms with Crippen LogP contribution in [0.3, 0.4) is 0 Å². The van der Waals surface area contributed by atoms with Gasteiger partial charge >= 0.3 is 0 Å². The number of nitrogens with zero attached hydrogens (tertiary/aromatic N) is 1. The van der Waals surface area contributed by atoms with E-state index in [0.29, 0.717) is 0 Å².